The molecular weight excluding hydrogens is 373 g/mol. The van der Waals surface area contributed by atoms with Crippen molar-refractivity contribution in [1.29, 1.82) is 0 Å². The first-order valence-electron chi connectivity index (χ1n) is 8.48. The Morgan fingerprint density at radius 3 is 2.52 bits per heavy atom. The number of nitrogens with zero attached hydrogens (tertiary/aromatic N) is 2. The van der Waals surface area contributed by atoms with Crippen LogP contribution in [0.2, 0.25) is 0 Å². The Labute approximate surface area is 160 Å². The van der Waals surface area contributed by atoms with Crippen LogP contribution in [0.15, 0.2) is 47.5 Å². The Morgan fingerprint density at radius 2 is 1.85 bits per heavy atom. The summed E-state index contributed by atoms with van der Waals surface area (Å²) in [4.78, 5) is 18.6. The van der Waals surface area contributed by atoms with Gasteiger partial charge in [0.15, 0.2) is 5.17 Å². The molecule has 0 aliphatic carbocycles. The zero-order valence-corrected chi connectivity index (χ0v) is 15.8. The summed E-state index contributed by atoms with van der Waals surface area (Å²) in [6, 6.07) is 10.5. The average molecular weight is 392 g/mol. The fourth-order valence-corrected chi connectivity index (χ4v) is 3.90. The highest BCUT2D eigenvalue weighted by atomic mass is 32.2. The molecule has 1 aliphatic rings. The summed E-state index contributed by atoms with van der Waals surface area (Å²) in [5.74, 6) is 0.358. The molecule has 1 heterocycles. The van der Waals surface area contributed by atoms with Gasteiger partial charge in [0.05, 0.1) is 12.1 Å². The van der Waals surface area contributed by atoms with Gasteiger partial charge in [-0.3, -0.25) is 14.7 Å². The zero-order valence-electron chi connectivity index (χ0n) is 15.0. The van der Waals surface area contributed by atoms with Crippen LogP contribution >= 0.6 is 11.8 Å². The van der Waals surface area contributed by atoms with Crippen molar-refractivity contribution in [2.45, 2.75) is 25.8 Å². The first-order valence-corrected chi connectivity index (χ1v) is 9.47. The topological polar surface area (TPSA) is 32.7 Å². The average Bonchev–Trinajstić information content (AvgIpc) is 3.10. The number of benzene rings is 2. The number of aliphatic imine (C=N–C) groups is 1. The van der Waals surface area contributed by atoms with Crippen molar-refractivity contribution in [3.05, 3.63) is 70.3 Å². The Bertz CT molecular complexity index is 876. The van der Waals surface area contributed by atoms with Crippen molar-refractivity contribution >= 4 is 22.8 Å². The smallest absolute Gasteiger partial charge is 0.286 e. The lowest BCUT2D eigenvalue weighted by atomic mass is 10.1. The molecule has 142 valence electrons. The zero-order chi connectivity index (χ0) is 19.6. The van der Waals surface area contributed by atoms with E-state index in [0.29, 0.717) is 24.0 Å². The van der Waals surface area contributed by atoms with Gasteiger partial charge in [-0.1, -0.05) is 35.5 Å². The molecule has 0 spiro atoms. The first kappa shape index (κ1) is 19.5. The number of halogens is 3. The number of aryl methyl sites for hydroxylation is 2. The van der Waals surface area contributed by atoms with Crippen LogP contribution in [0, 0.1) is 13.8 Å². The van der Waals surface area contributed by atoms with Gasteiger partial charge in [0.25, 0.3) is 5.91 Å². The predicted molar refractivity (Wildman–Crippen MR) is 102 cm³/mol. The van der Waals surface area contributed by atoms with Crippen LogP contribution in [-0.4, -0.2) is 29.1 Å². The highest BCUT2D eigenvalue weighted by Crippen LogP contribution is 2.30. The molecule has 0 atom stereocenters. The number of rotatable bonds is 3. The second kappa shape index (κ2) is 7.76. The highest BCUT2D eigenvalue weighted by Gasteiger charge is 2.31. The summed E-state index contributed by atoms with van der Waals surface area (Å²) in [5.41, 5.74) is 2.98. The van der Waals surface area contributed by atoms with Crippen LogP contribution in [0.4, 0.5) is 13.2 Å². The molecule has 0 N–H and O–H groups in total. The van der Waals surface area contributed by atoms with Gasteiger partial charge >= 0.3 is 6.18 Å². The Balaban J connectivity index is 1.70. The Morgan fingerprint density at radius 1 is 1.15 bits per heavy atom. The molecule has 2 aromatic rings. The summed E-state index contributed by atoms with van der Waals surface area (Å²) < 4.78 is 38.1. The molecule has 0 radical (unpaired) electrons. The third-order valence-electron chi connectivity index (χ3n) is 4.37. The van der Waals surface area contributed by atoms with Crippen LogP contribution in [-0.2, 0) is 11.9 Å². The lowest BCUT2D eigenvalue weighted by Crippen LogP contribution is -2.32. The normalized spacial score (nSPS) is 14.4. The van der Waals surface area contributed by atoms with Crippen LogP contribution in [0.1, 0.15) is 32.6 Å². The summed E-state index contributed by atoms with van der Waals surface area (Å²) in [6.45, 7) is 5.01. The van der Waals surface area contributed by atoms with E-state index in [1.54, 1.807) is 4.90 Å². The molecule has 0 bridgehead atoms. The summed E-state index contributed by atoms with van der Waals surface area (Å²) in [5, 5.41) is 0.612. The van der Waals surface area contributed by atoms with Gasteiger partial charge in [-0.15, -0.1) is 0 Å². The van der Waals surface area contributed by atoms with Crippen molar-refractivity contribution in [2.24, 2.45) is 4.99 Å². The van der Waals surface area contributed by atoms with E-state index in [0.717, 1.165) is 12.1 Å². The van der Waals surface area contributed by atoms with Crippen molar-refractivity contribution in [3.8, 4) is 0 Å². The number of hydrogen-bond acceptors (Lipinski definition) is 3. The standard InChI is InChI=1S/C20H19F3N2OS/c1-13-3-4-14(2)16(11-13)12-27-19-24-9-10-25(19)18(26)15-5-7-17(8-6-15)20(21,22)23/h3-8,11H,9-10,12H2,1-2H3. The fraction of sp³-hybridized carbons (Fsp3) is 0.300. The molecule has 3 rings (SSSR count). The second-order valence-electron chi connectivity index (χ2n) is 6.41. The van der Waals surface area contributed by atoms with Crippen molar-refractivity contribution in [2.75, 3.05) is 13.1 Å². The van der Waals surface area contributed by atoms with Gasteiger partial charge in [0.1, 0.15) is 0 Å². The third-order valence-corrected chi connectivity index (χ3v) is 5.43. The number of carbonyl (C=O) groups is 1. The minimum absolute atomic E-state index is 0.227. The summed E-state index contributed by atoms with van der Waals surface area (Å²) >= 11 is 1.47. The van der Waals surface area contributed by atoms with Crippen molar-refractivity contribution in [3.63, 3.8) is 0 Å². The number of amides is 1. The first-order chi connectivity index (χ1) is 12.8. The van der Waals surface area contributed by atoms with Crippen molar-refractivity contribution in [1.82, 2.24) is 4.90 Å². The van der Waals surface area contributed by atoms with Gasteiger partial charge in [0, 0.05) is 17.9 Å². The highest BCUT2D eigenvalue weighted by molar-refractivity contribution is 8.13. The number of amidine groups is 1. The van der Waals surface area contributed by atoms with E-state index in [-0.39, 0.29) is 11.5 Å². The molecular formula is C20H19F3N2OS. The molecule has 1 amide bonds. The fourth-order valence-electron chi connectivity index (χ4n) is 2.79. The van der Waals surface area contributed by atoms with E-state index < -0.39 is 11.7 Å². The van der Waals surface area contributed by atoms with Gasteiger partial charge in [-0.2, -0.15) is 13.2 Å². The van der Waals surface area contributed by atoms with E-state index in [1.807, 2.05) is 13.8 Å². The molecule has 0 saturated carbocycles. The largest absolute Gasteiger partial charge is 0.416 e. The van der Waals surface area contributed by atoms with Crippen LogP contribution < -0.4 is 0 Å². The Kier molecular flexibility index (Phi) is 5.60. The summed E-state index contributed by atoms with van der Waals surface area (Å²) in [7, 11) is 0. The maximum atomic E-state index is 12.7. The third kappa shape index (κ3) is 4.53. The lowest BCUT2D eigenvalue weighted by molar-refractivity contribution is -0.137. The van der Waals surface area contributed by atoms with Gasteiger partial charge < -0.3 is 0 Å². The molecule has 0 saturated heterocycles. The van der Waals surface area contributed by atoms with Gasteiger partial charge in [-0.05, 0) is 49.2 Å². The molecule has 27 heavy (non-hydrogen) atoms. The molecule has 0 fully saturated rings. The number of alkyl halides is 3. The number of thioether (sulfide) groups is 1. The molecule has 0 aromatic heterocycles. The molecule has 2 aromatic carbocycles. The van der Waals surface area contributed by atoms with E-state index in [9.17, 15) is 18.0 Å². The molecule has 0 unspecified atom stereocenters. The van der Waals surface area contributed by atoms with E-state index in [4.69, 9.17) is 0 Å². The second-order valence-corrected chi connectivity index (χ2v) is 7.36. The minimum atomic E-state index is -4.41. The summed E-state index contributed by atoms with van der Waals surface area (Å²) in [6.07, 6.45) is -4.41. The molecule has 1 aliphatic heterocycles. The van der Waals surface area contributed by atoms with Gasteiger partial charge in [-0.25, -0.2) is 0 Å². The van der Waals surface area contributed by atoms with Crippen LogP contribution in [0.3, 0.4) is 0 Å². The Hall–Kier alpha value is -2.28. The lowest BCUT2D eigenvalue weighted by Gasteiger charge is -2.18. The quantitative estimate of drug-likeness (QED) is 0.731. The minimum Gasteiger partial charge on any atom is -0.286 e. The van der Waals surface area contributed by atoms with Gasteiger partial charge in [0.2, 0.25) is 0 Å². The van der Waals surface area contributed by atoms with Crippen LogP contribution in [0.25, 0.3) is 0 Å². The maximum Gasteiger partial charge on any atom is 0.416 e. The molecule has 3 nitrogen and oxygen atoms in total. The number of carbonyl (C=O) groups excluding carboxylic acids is 1. The van der Waals surface area contributed by atoms with E-state index in [2.05, 4.69) is 23.2 Å². The maximum absolute atomic E-state index is 12.7. The number of hydrogen-bond donors (Lipinski definition) is 0. The van der Waals surface area contributed by atoms with Crippen molar-refractivity contribution < 1.29 is 18.0 Å². The van der Waals surface area contributed by atoms with Crippen LogP contribution in [0.5, 0.6) is 0 Å². The van der Waals surface area contributed by atoms with E-state index >= 15 is 0 Å². The van der Waals surface area contributed by atoms with E-state index in [1.165, 1.54) is 40.6 Å². The predicted octanol–water partition coefficient (Wildman–Crippen LogP) is 5.07. The SMILES string of the molecule is Cc1ccc(C)c(CSC2=NCCN2C(=O)c2ccc(C(F)(F)F)cc2)c1. The monoisotopic (exact) mass is 392 g/mol. The molecule has 7 heteroatoms.